The molecule has 0 atom stereocenters. The molecule has 0 spiro atoms. The number of hydrogen-bond donors (Lipinski definition) is 1. The van der Waals surface area contributed by atoms with Crippen LogP contribution in [-0.4, -0.2) is 17.3 Å². The molecule has 2 aromatic rings. The molecule has 0 saturated carbocycles. The average Bonchev–Trinajstić information content (AvgIpc) is 3.04. The van der Waals surface area contributed by atoms with Crippen LogP contribution in [0, 0.1) is 0 Å². The Balaban J connectivity index is 1.76. The van der Waals surface area contributed by atoms with Crippen LogP contribution < -0.4 is 5.32 Å². The molecule has 1 heterocycles. The van der Waals surface area contributed by atoms with Gasteiger partial charge in [-0.25, -0.2) is 0 Å². The lowest BCUT2D eigenvalue weighted by Crippen LogP contribution is -2.12. The number of fused-ring (bicyclic) bond motifs is 1. The lowest BCUT2D eigenvalue weighted by atomic mass is 10.2. The molecule has 1 aromatic heterocycles. The fraction of sp³-hybridized carbons (Fsp3) is 0.286. The van der Waals surface area contributed by atoms with Crippen molar-refractivity contribution in [3.05, 3.63) is 41.1 Å². The number of amides is 1. The molecule has 1 aliphatic carbocycles. The van der Waals surface area contributed by atoms with Gasteiger partial charge in [-0.15, -0.1) is 11.8 Å². The zero-order valence-electron chi connectivity index (χ0n) is 10.6. The maximum atomic E-state index is 12.1. The van der Waals surface area contributed by atoms with Crippen molar-refractivity contribution in [3.8, 4) is 0 Å². The summed E-state index contributed by atoms with van der Waals surface area (Å²) in [6.07, 6.45) is 4.96. The van der Waals surface area contributed by atoms with E-state index < -0.39 is 0 Å². The number of aromatic nitrogens is 1. The molecule has 1 aliphatic rings. The number of nitrogens with zero attached hydrogens (tertiary/aromatic N) is 1. The Morgan fingerprint density at radius 1 is 1.32 bits per heavy atom. The van der Waals surface area contributed by atoms with Gasteiger partial charge in [-0.05, 0) is 49.8 Å². The van der Waals surface area contributed by atoms with Crippen LogP contribution in [0.1, 0.15) is 28.0 Å². The predicted molar refractivity (Wildman–Crippen MR) is 74.7 cm³/mol. The first-order chi connectivity index (χ1) is 9.28. The molecule has 3 rings (SSSR count). The second kappa shape index (κ2) is 5.09. The molecule has 1 aromatic carbocycles. The van der Waals surface area contributed by atoms with Crippen molar-refractivity contribution in [2.24, 2.45) is 0 Å². The largest absolute Gasteiger partial charge is 0.338 e. The van der Waals surface area contributed by atoms with Gasteiger partial charge in [-0.2, -0.15) is 0 Å². The molecule has 0 saturated heterocycles. The fourth-order valence-electron chi connectivity index (χ4n) is 2.24. The molecule has 98 valence electrons. The minimum atomic E-state index is -0.154. The van der Waals surface area contributed by atoms with Gasteiger partial charge in [-0.1, -0.05) is 5.16 Å². The van der Waals surface area contributed by atoms with E-state index in [1.807, 2.05) is 30.5 Å². The van der Waals surface area contributed by atoms with E-state index in [0.29, 0.717) is 11.4 Å². The molecule has 0 bridgehead atoms. The Morgan fingerprint density at radius 2 is 2.11 bits per heavy atom. The van der Waals surface area contributed by atoms with Crippen molar-refractivity contribution in [1.29, 1.82) is 0 Å². The number of thioether (sulfide) groups is 1. The fourth-order valence-corrected chi connectivity index (χ4v) is 2.65. The maximum absolute atomic E-state index is 12.1. The maximum Gasteiger partial charge on any atom is 0.258 e. The SMILES string of the molecule is CSc1ccc(C(=O)Nc2onc3c2CCC3)cc1. The number of benzene rings is 1. The third kappa shape index (κ3) is 2.38. The summed E-state index contributed by atoms with van der Waals surface area (Å²) < 4.78 is 5.19. The van der Waals surface area contributed by atoms with Crippen LogP contribution in [0.4, 0.5) is 5.88 Å². The molecular formula is C14H14N2O2S. The van der Waals surface area contributed by atoms with E-state index in [-0.39, 0.29) is 5.91 Å². The van der Waals surface area contributed by atoms with Crippen LogP contribution in [0.2, 0.25) is 0 Å². The van der Waals surface area contributed by atoms with E-state index in [2.05, 4.69) is 10.5 Å². The molecule has 0 fully saturated rings. The Kier molecular flexibility index (Phi) is 3.29. The molecule has 1 amide bonds. The highest BCUT2D eigenvalue weighted by Crippen LogP contribution is 2.28. The first-order valence-electron chi connectivity index (χ1n) is 6.21. The molecule has 1 N–H and O–H groups in total. The predicted octanol–water partition coefficient (Wildman–Crippen LogP) is 3.14. The Hall–Kier alpha value is -1.75. The van der Waals surface area contributed by atoms with Crippen molar-refractivity contribution in [3.63, 3.8) is 0 Å². The first kappa shape index (κ1) is 12.3. The summed E-state index contributed by atoms with van der Waals surface area (Å²) in [6.45, 7) is 0. The second-order valence-corrected chi connectivity index (χ2v) is 5.35. The highest BCUT2D eigenvalue weighted by molar-refractivity contribution is 7.98. The smallest absolute Gasteiger partial charge is 0.258 e. The molecule has 0 radical (unpaired) electrons. The van der Waals surface area contributed by atoms with E-state index in [1.165, 1.54) is 0 Å². The minimum Gasteiger partial charge on any atom is -0.338 e. The lowest BCUT2D eigenvalue weighted by Gasteiger charge is -2.03. The van der Waals surface area contributed by atoms with Crippen molar-refractivity contribution >= 4 is 23.6 Å². The van der Waals surface area contributed by atoms with Crippen LogP contribution in [0.5, 0.6) is 0 Å². The van der Waals surface area contributed by atoms with Gasteiger partial charge in [-0.3, -0.25) is 10.1 Å². The van der Waals surface area contributed by atoms with E-state index >= 15 is 0 Å². The van der Waals surface area contributed by atoms with Gasteiger partial charge in [0.1, 0.15) is 0 Å². The van der Waals surface area contributed by atoms with Gasteiger partial charge in [0.15, 0.2) is 0 Å². The molecular weight excluding hydrogens is 260 g/mol. The van der Waals surface area contributed by atoms with Gasteiger partial charge in [0.05, 0.1) is 5.69 Å². The van der Waals surface area contributed by atoms with Crippen LogP contribution >= 0.6 is 11.8 Å². The summed E-state index contributed by atoms with van der Waals surface area (Å²) in [5, 5.41) is 6.78. The van der Waals surface area contributed by atoms with E-state index in [9.17, 15) is 4.79 Å². The topological polar surface area (TPSA) is 55.1 Å². The van der Waals surface area contributed by atoms with Gasteiger partial charge >= 0.3 is 0 Å². The number of aryl methyl sites for hydroxylation is 1. The van der Waals surface area contributed by atoms with E-state index in [1.54, 1.807) is 11.8 Å². The Labute approximate surface area is 115 Å². The van der Waals surface area contributed by atoms with Gasteiger partial charge in [0, 0.05) is 16.0 Å². The van der Waals surface area contributed by atoms with Crippen molar-refractivity contribution < 1.29 is 9.32 Å². The highest BCUT2D eigenvalue weighted by atomic mass is 32.2. The summed E-state index contributed by atoms with van der Waals surface area (Å²) in [6, 6.07) is 7.50. The first-order valence-corrected chi connectivity index (χ1v) is 7.43. The number of rotatable bonds is 3. The summed E-state index contributed by atoms with van der Waals surface area (Å²) in [5.41, 5.74) is 2.66. The van der Waals surface area contributed by atoms with E-state index in [4.69, 9.17) is 4.52 Å². The van der Waals surface area contributed by atoms with Gasteiger partial charge in [0.2, 0.25) is 5.88 Å². The van der Waals surface area contributed by atoms with Crippen molar-refractivity contribution in [2.45, 2.75) is 24.2 Å². The van der Waals surface area contributed by atoms with Crippen LogP contribution in [0.3, 0.4) is 0 Å². The zero-order valence-corrected chi connectivity index (χ0v) is 11.4. The molecule has 0 aliphatic heterocycles. The Bertz CT molecular complexity index is 604. The summed E-state index contributed by atoms with van der Waals surface area (Å²) in [7, 11) is 0. The molecule has 0 unspecified atom stereocenters. The quantitative estimate of drug-likeness (QED) is 0.874. The van der Waals surface area contributed by atoms with Gasteiger partial charge in [0.25, 0.3) is 5.91 Å². The second-order valence-electron chi connectivity index (χ2n) is 4.47. The summed E-state index contributed by atoms with van der Waals surface area (Å²) in [5.74, 6) is 0.352. The highest BCUT2D eigenvalue weighted by Gasteiger charge is 2.22. The van der Waals surface area contributed by atoms with Crippen molar-refractivity contribution in [1.82, 2.24) is 5.16 Å². The summed E-state index contributed by atoms with van der Waals surface area (Å²) in [4.78, 5) is 13.2. The normalized spacial score (nSPS) is 13.3. The van der Waals surface area contributed by atoms with Crippen molar-refractivity contribution in [2.75, 3.05) is 11.6 Å². The van der Waals surface area contributed by atoms with Crippen LogP contribution in [0.15, 0.2) is 33.7 Å². The minimum absolute atomic E-state index is 0.154. The Morgan fingerprint density at radius 3 is 2.84 bits per heavy atom. The van der Waals surface area contributed by atoms with Crippen LogP contribution in [0.25, 0.3) is 0 Å². The molecule has 4 nitrogen and oxygen atoms in total. The van der Waals surface area contributed by atoms with Gasteiger partial charge < -0.3 is 4.52 Å². The summed E-state index contributed by atoms with van der Waals surface area (Å²) >= 11 is 1.65. The van der Waals surface area contributed by atoms with Crippen LogP contribution in [-0.2, 0) is 12.8 Å². The third-order valence-corrected chi connectivity index (χ3v) is 4.03. The molecule has 19 heavy (non-hydrogen) atoms. The standard InChI is InChI=1S/C14H14N2O2S/c1-19-10-7-5-9(6-8-10)13(17)15-14-11-3-2-4-12(11)16-18-14/h5-8H,2-4H2,1H3,(H,15,17). The number of hydrogen-bond acceptors (Lipinski definition) is 4. The molecule has 5 heteroatoms. The number of carbonyl (C=O) groups is 1. The zero-order chi connectivity index (χ0) is 13.2. The number of carbonyl (C=O) groups excluding carboxylic acids is 1. The average molecular weight is 274 g/mol. The monoisotopic (exact) mass is 274 g/mol. The number of nitrogens with one attached hydrogen (secondary N) is 1. The lowest BCUT2D eigenvalue weighted by molar-refractivity contribution is 0.102. The van der Waals surface area contributed by atoms with E-state index in [0.717, 1.165) is 35.4 Å². The number of anilines is 1. The third-order valence-electron chi connectivity index (χ3n) is 3.29.